The van der Waals surface area contributed by atoms with Gasteiger partial charge >= 0.3 is 0 Å². The van der Waals surface area contributed by atoms with Crippen LogP contribution < -0.4 is 25.8 Å². The van der Waals surface area contributed by atoms with Crippen molar-refractivity contribution in [3.05, 3.63) is 110 Å². The van der Waals surface area contributed by atoms with Crippen LogP contribution in [-0.2, 0) is 16.1 Å². The van der Waals surface area contributed by atoms with Gasteiger partial charge < -0.3 is 24.5 Å². The van der Waals surface area contributed by atoms with E-state index < -0.39 is 29.7 Å². The highest BCUT2D eigenvalue weighted by Gasteiger charge is 2.46. The second kappa shape index (κ2) is 21.1. The molecule has 0 radical (unpaired) electrons. The minimum absolute atomic E-state index is 0.0757. The average Bonchev–Trinajstić information content (AvgIpc) is 3.80. The third-order valence-electron chi connectivity index (χ3n) is 13.9. The number of unbranched alkanes of at least 4 members (excludes halogenated alkanes) is 6. The number of carbonyl (C=O) groups is 5. The fourth-order valence-electron chi connectivity index (χ4n) is 9.91. The van der Waals surface area contributed by atoms with Gasteiger partial charge in [-0.15, -0.1) is 0 Å². The maximum absolute atomic E-state index is 14.0. The van der Waals surface area contributed by atoms with E-state index in [0.29, 0.717) is 23.5 Å². The molecule has 0 bridgehead atoms. The Morgan fingerprint density at radius 1 is 0.868 bits per heavy atom. The fraction of sp³-hybridized carbons (Fsp3) is 0.453. The number of rotatable bonds is 19. The topological polar surface area (TPSA) is 179 Å². The van der Waals surface area contributed by atoms with Crippen molar-refractivity contribution in [3.63, 3.8) is 0 Å². The number of anilines is 1. The maximum Gasteiger partial charge on any atom is 0.266 e. The molecule has 3 aromatic heterocycles. The first-order valence-electron chi connectivity index (χ1n) is 24.4. The van der Waals surface area contributed by atoms with Crippen LogP contribution in [0.4, 0.5) is 5.82 Å². The van der Waals surface area contributed by atoms with Gasteiger partial charge in [-0.1, -0.05) is 45.1 Å². The molecule has 8 rings (SSSR count). The number of amides is 5. The number of piperidine rings is 1. The number of ether oxygens (including phenoxy) is 1. The van der Waals surface area contributed by atoms with Gasteiger partial charge in [0.05, 0.1) is 17.7 Å². The van der Waals surface area contributed by atoms with E-state index in [0.717, 1.165) is 121 Å². The van der Waals surface area contributed by atoms with Gasteiger partial charge in [-0.2, -0.15) is 0 Å². The molecule has 2 saturated heterocycles. The minimum atomic E-state index is -1.00. The summed E-state index contributed by atoms with van der Waals surface area (Å²) >= 11 is 0. The Bertz CT molecular complexity index is 2770. The Morgan fingerprint density at radius 3 is 2.32 bits per heavy atom. The highest BCUT2D eigenvalue weighted by molar-refractivity contribution is 6.24. The van der Waals surface area contributed by atoms with E-state index in [4.69, 9.17) is 9.72 Å². The van der Waals surface area contributed by atoms with Gasteiger partial charge in [0.15, 0.2) is 0 Å². The smallest absolute Gasteiger partial charge is 0.266 e. The van der Waals surface area contributed by atoms with Gasteiger partial charge in [0.2, 0.25) is 11.8 Å². The summed E-state index contributed by atoms with van der Waals surface area (Å²) in [6, 6.07) is 14.4. The molecule has 1 unspecified atom stereocenters. The Morgan fingerprint density at radius 2 is 1.62 bits per heavy atom. The summed E-state index contributed by atoms with van der Waals surface area (Å²) in [7, 11) is 0. The van der Waals surface area contributed by atoms with Crippen LogP contribution in [0.15, 0.2) is 65.7 Å². The number of aryl methyl sites for hydroxylation is 3. The number of imide groups is 2. The number of carbonyl (C=O) groups excluding carboxylic acids is 5. The number of nitrogens with zero attached hydrogens (tertiary/aromatic N) is 5. The molecule has 2 aromatic carbocycles. The molecule has 15 heteroatoms. The van der Waals surface area contributed by atoms with Crippen LogP contribution in [0.5, 0.6) is 5.75 Å². The molecule has 358 valence electrons. The zero-order valence-corrected chi connectivity index (χ0v) is 40.0. The van der Waals surface area contributed by atoms with Crippen molar-refractivity contribution in [2.24, 2.45) is 0 Å². The highest BCUT2D eigenvalue weighted by atomic mass is 16.5. The maximum atomic E-state index is 14.0. The van der Waals surface area contributed by atoms with Crippen molar-refractivity contribution in [2.45, 2.75) is 117 Å². The van der Waals surface area contributed by atoms with E-state index in [1.807, 2.05) is 39.1 Å². The zero-order valence-electron chi connectivity index (χ0n) is 40.0. The van der Waals surface area contributed by atoms with Gasteiger partial charge in [0.25, 0.3) is 23.3 Å². The minimum Gasteiger partial charge on any atom is -0.493 e. The SMILES string of the molecule is CC[C@H](C)n1cc(C)c2c(C(=O)NCc3c(C)cc(C)[nH]c3=O)cc(-c3ccc(N4CCN(CCCCCCCCCOc5cccc6c5C(=O)N(C5CCC(=O)NC5=O)C6=O)CC4)nc3)cc21. The van der Waals surface area contributed by atoms with Crippen LogP contribution in [0.3, 0.4) is 0 Å². The molecule has 5 amide bonds. The Balaban J connectivity index is 0.767. The lowest BCUT2D eigenvalue weighted by molar-refractivity contribution is -0.136. The number of hydrogen-bond donors (Lipinski definition) is 3. The number of piperazine rings is 1. The zero-order chi connectivity index (χ0) is 48.1. The van der Waals surface area contributed by atoms with E-state index >= 15 is 0 Å². The molecule has 3 aliphatic rings. The summed E-state index contributed by atoms with van der Waals surface area (Å²) in [6.45, 7) is 15.6. The molecule has 6 heterocycles. The summed E-state index contributed by atoms with van der Waals surface area (Å²) < 4.78 is 8.26. The van der Waals surface area contributed by atoms with E-state index in [1.165, 1.54) is 12.8 Å². The van der Waals surface area contributed by atoms with Gasteiger partial charge in [-0.05, 0) is 119 Å². The predicted molar refractivity (Wildman–Crippen MR) is 262 cm³/mol. The number of fused-ring (bicyclic) bond motifs is 2. The first-order chi connectivity index (χ1) is 32.8. The number of H-pyrrole nitrogens is 1. The standard InChI is InChI=1S/C53H64N8O7/c1-6-36(5)60-32-34(3)47-40(49(63)55-31-41-33(2)27-35(4)56-50(41)64)28-38(29-43(47)60)37-17-19-45(54-30-37)59-24-22-58(23-25-59)21-12-10-8-7-9-11-13-26-68-44-16-14-15-39-48(44)53(67)61(52(39)66)42-18-20-46(62)57-51(42)65/h14-17,19,27-30,32,36,42H,6-13,18,20-26,31H2,1-5H3,(H,55,63)(H,56,64)(H,57,62,65)/t36-,42?/m0/s1. The first kappa shape index (κ1) is 47.9. The molecular weight excluding hydrogens is 861 g/mol. The summed E-state index contributed by atoms with van der Waals surface area (Å²) in [6.07, 6.45) is 12.8. The van der Waals surface area contributed by atoms with Crippen LogP contribution >= 0.6 is 0 Å². The molecule has 3 aliphatic heterocycles. The number of benzene rings is 2. The van der Waals surface area contributed by atoms with E-state index in [1.54, 1.807) is 18.2 Å². The highest BCUT2D eigenvalue weighted by Crippen LogP contribution is 2.36. The lowest BCUT2D eigenvalue weighted by Gasteiger charge is -2.35. The van der Waals surface area contributed by atoms with Gasteiger partial charge in [0, 0.05) is 90.9 Å². The Kier molecular flexibility index (Phi) is 14.9. The number of hydrogen-bond acceptors (Lipinski definition) is 10. The molecule has 15 nitrogen and oxygen atoms in total. The monoisotopic (exact) mass is 924 g/mol. The largest absolute Gasteiger partial charge is 0.493 e. The summed E-state index contributed by atoms with van der Waals surface area (Å²) in [5, 5.41) is 6.19. The Hall–Kier alpha value is -6.61. The number of pyridine rings is 2. The van der Waals surface area contributed by atoms with Crippen molar-refractivity contribution in [1.82, 2.24) is 35.0 Å². The molecule has 68 heavy (non-hydrogen) atoms. The number of nitrogens with one attached hydrogen (secondary N) is 3. The van der Waals surface area contributed by atoms with Crippen LogP contribution in [0.2, 0.25) is 0 Å². The molecule has 0 spiro atoms. The van der Waals surface area contributed by atoms with Crippen molar-refractivity contribution < 1.29 is 28.7 Å². The van der Waals surface area contributed by atoms with Crippen LogP contribution in [0.25, 0.3) is 22.0 Å². The number of aromatic nitrogens is 3. The molecule has 2 atom stereocenters. The van der Waals surface area contributed by atoms with Gasteiger partial charge in [-0.25, -0.2) is 4.98 Å². The normalized spacial score (nSPS) is 16.9. The second-order valence-corrected chi connectivity index (χ2v) is 18.7. The van der Waals surface area contributed by atoms with E-state index in [-0.39, 0.29) is 48.0 Å². The van der Waals surface area contributed by atoms with Crippen molar-refractivity contribution in [3.8, 4) is 16.9 Å². The molecule has 0 saturated carbocycles. The molecule has 3 N–H and O–H groups in total. The molecule has 2 fully saturated rings. The van der Waals surface area contributed by atoms with E-state index in [2.05, 4.69) is 68.2 Å². The quantitative estimate of drug-likeness (QED) is 0.0553. The average molecular weight is 925 g/mol. The molecule has 5 aromatic rings. The summed E-state index contributed by atoms with van der Waals surface area (Å²) in [5.41, 5.74) is 6.88. The second-order valence-electron chi connectivity index (χ2n) is 18.7. The predicted octanol–water partition coefficient (Wildman–Crippen LogP) is 7.55. The fourth-order valence-corrected chi connectivity index (χ4v) is 9.91. The lowest BCUT2D eigenvalue weighted by atomic mass is 9.98. The molecular formula is C53H64N8O7. The van der Waals surface area contributed by atoms with Gasteiger partial charge in [0.1, 0.15) is 17.6 Å². The van der Waals surface area contributed by atoms with Crippen LogP contribution in [0.1, 0.15) is 138 Å². The van der Waals surface area contributed by atoms with Gasteiger partial charge in [-0.3, -0.25) is 43.9 Å². The van der Waals surface area contributed by atoms with E-state index in [9.17, 15) is 28.8 Å². The summed E-state index contributed by atoms with van der Waals surface area (Å²) in [5.74, 6) is -1.05. The van der Waals surface area contributed by atoms with Crippen molar-refractivity contribution >= 4 is 46.3 Å². The van der Waals surface area contributed by atoms with Crippen molar-refractivity contribution in [2.75, 3.05) is 44.2 Å². The van der Waals surface area contributed by atoms with Crippen LogP contribution in [0, 0.1) is 20.8 Å². The Labute approximate surface area is 397 Å². The molecule has 0 aliphatic carbocycles. The number of aromatic amines is 1. The van der Waals surface area contributed by atoms with Crippen LogP contribution in [-0.4, -0.2) is 99.2 Å². The third-order valence-corrected chi connectivity index (χ3v) is 13.9. The third kappa shape index (κ3) is 10.3. The summed E-state index contributed by atoms with van der Waals surface area (Å²) in [4.78, 5) is 90.8. The van der Waals surface area contributed by atoms with Crippen molar-refractivity contribution in [1.29, 1.82) is 0 Å². The lowest BCUT2D eigenvalue weighted by Crippen LogP contribution is -2.54. The first-order valence-corrected chi connectivity index (χ1v) is 24.4.